The van der Waals surface area contributed by atoms with Crippen LogP contribution in [0, 0.1) is 0 Å². The van der Waals surface area contributed by atoms with Gasteiger partial charge in [0.2, 0.25) is 0 Å². The average molecular weight is 697 g/mol. The van der Waals surface area contributed by atoms with E-state index >= 15 is 0 Å². The molecular formula is C51H40N2O. The maximum Gasteiger partial charge on any atom is 0.153 e. The molecular weight excluding hydrogens is 657 g/mol. The Morgan fingerprint density at radius 2 is 1.17 bits per heavy atom. The molecule has 0 heterocycles. The van der Waals surface area contributed by atoms with Crippen LogP contribution in [0.3, 0.4) is 0 Å². The predicted octanol–water partition coefficient (Wildman–Crippen LogP) is 13.9. The summed E-state index contributed by atoms with van der Waals surface area (Å²) < 4.78 is 6.44. The molecule has 0 saturated heterocycles. The summed E-state index contributed by atoms with van der Waals surface area (Å²) in [6, 6.07) is 65.0. The zero-order valence-corrected chi connectivity index (χ0v) is 30.5. The van der Waals surface area contributed by atoms with Crippen LogP contribution in [-0.4, -0.2) is 6.72 Å². The normalized spacial score (nSPS) is 12.6. The third-order valence-electron chi connectivity index (χ3n) is 10.9. The Balaban J connectivity index is 1.14. The molecule has 1 aliphatic rings. The Kier molecular flexibility index (Phi) is 8.40. The molecule has 8 aromatic carbocycles. The first-order chi connectivity index (χ1) is 26.5. The fourth-order valence-electron chi connectivity index (χ4n) is 8.07. The lowest BCUT2D eigenvalue weighted by molar-refractivity contribution is 0.311. The number of aliphatic imine (C=N–C) groups is 1. The highest BCUT2D eigenvalue weighted by Crippen LogP contribution is 2.51. The van der Waals surface area contributed by atoms with Gasteiger partial charge >= 0.3 is 0 Å². The number of benzene rings is 8. The van der Waals surface area contributed by atoms with Crippen LogP contribution in [0.15, 0.2) is 187 Å². The second kappa shape index (κ2) is 13.7. The number of fused-ring (bicyclic) bond motifs is 4. The van der Waals surface area contributed by atoms with Gasteiger partial charge in [0.25, 0.3) is 0 Å². The molecule has 0 aliphatic heterocycles. The summed E-state index contributed by atoms with van der Waals surface area (Å²) in [7, 11) is 0. The van der Waals surface area contributed by atoms with Crippen LogP contribution in [0.5, 0.6) is 5.75 Å². The molecule has 260 valence electrons. The fourth-order valence-corrected chi connectivity index (χ4v) is 8.07. The van der Waals surface area contributed by atoms with Crippen LogP contribution in [0.1, 0.15) is 30.5 Å². The number of ether oxygens (including phenoxy) is 1. The smallest absolute Gasteiger partial charge is 0.153 e. The van der Waals surface area contributed by atoms with Crippen LogP contribution in [0.2, 0.25) is 0 Å². The summed E-state index contributed by atoms with van der Waals surface area (Å²) in [4.78, 5) is 6.72. The Labute approximate surface area is 317 Å². The van der Waals surface area contributed by atoms with E-state index in [1.165, 1.54) is 33.4 Å². The molecule has 0 radical (unpaired) electrons. The zero-order chi connectivity index (χ0) is 36.6. The highest BCUT2D eigenvalue weighted by atomic mass is 16.5. The molecule has 0 atom stereocenters. The lowest BCUT2D eigenvalue weighted by Crippen LogP contribution is -2.15. The van der Waals surface area contributed by atoms with Crippen LogP contribution >= 0.6 is 0 Å². The van der Waals surface area contributed by atoms with Crippen molar-refractivity contribution in [3.05, 3.63) is 199 Å². The van der Waals surface area contributed by atoms with Crippen LogP contribution in [0.25, 0.3) is 44.2 Å². The minimum absolute atomic E-state index is 0.0618. The van der Waals surface area contributed by atoms with Crippen molar-refractivity contribution in [1.82, 2.24) is 0 Å². The minimum Gasteiger partial charge on any atom is -0.486 e. The number of rotatable bonds is 9. The van der Waals surface area contributed by atoms with Gasteiger partial charge in [0.1, 0.15) is 12.3 Å². The summed E-state index contributed by atoms with van der Waals surface area (Å²) in [6.45, 7) is 8.95. The molecule has 0 amide bonds. The summed E-state index contributed by atoms with van der Waals surface area (Å²) in [5, 5.41) is 2.10. The van der Waals surface area contributed by atoms with Crippen molar-refractivity contribution in [1.29, 1.82) is 0 Å². The maximum absolute atomic E-state index is 6.44. The second-order valence-corrected chi connectivity index (χ2v) is 14.4. The molecule has 0 unspecified atom stereocenters. The first-order valence-electron chi connectivity index (χ1n) is 18.5. The van der Waals surface area contributed by atoms with E-state index < -0.39 is 0 Å². The van der Waals surface area contributed by atoms with Gasteiger partial charge in [-0.1, -0.05) is 153 Å². The summed E-state index contributed by atoms with van der Waals surface area (Å²) in [6.07, 6.45) is 0. The third-order valence-corrected chi connectivity index (χ3v) is 10.9. The molecule has 0 saturated carbocycles. The Morgan fingerprint density at radius 3 is 1.94 bits per heavy atom. The number of hydrogen-bond donors (Lipinski definition) is 0. The van der Waals surface area contributed by atoms with Gasteiger partial charge in [-0.05, 0) is 99.1 Å². The first-order valence-corrected chi connectivity index (χ1v) is 18.5. The van der Waals surface area contributed by atoms with Crippen molar-refractivity contribution in [3.8, 4) is 39.1 Å². The van der Waals surface area contributed by atoms with Gasteiger partial charge in [-0.2, -0.15) is 0 Å². The summed E-state index contributed by atoms with van der Waals surface area (Å²) in [5.41, 5.74) is 15.0. The van der Waals surface area contributed by atoms with E-state index in [1.54, 1.807) is 0 Å². The van der Waals surface area contributed by atoms with E-state index in [4.69, 9.17) is 4.74 Å². The Morgan fingerprint density at radius 1 is 0.537 bits per heavy atom. The van der Waals surface area contributed by atoms with Gasteiger partial charge in [0.15, 0.2) is 5.75 Å². The first kappa shape index (κ1) is 33.1. The predicted molar refractivity (Wildman–Crippen MR) is 227 cm³/mol. The van der Waals surface area contributed by atoms with Crippen molar-refractivity contribution in [2.24, 2.45) is 4.99 Å². The Hall–Kier alpha value is -6.71. The largest absolute Gasteiger partial charge is 0.486 e. The summed E-state index contributed by atoms with van der Waals surface area (Å²) >= 11 is 0. The van der Waals surface area contributed by atoms with Crippen molar-refractivity contribution in [2.75, 3.05) is 4.90 Å². The Bertz CT molecular complexity index is 2640. The molecule has 0 aromatic heterocycles. The number of hydrogen-bond acceptors (Lipinski definition) is 3. The van der Waals surface area contributed by atoms with Crippen molar-refractivity contribution < 1.29 is 4.74 Å². The molecule has 0 N–H and O–H groups in total. The van der Waals surface area contributed by atoms with Crippen LogP contribution < -0.4 is 9.64 Å². The van der Waals surface area contributed by atoms with Gasteiger partial charge < -0.3 is 9.64 Å². The quantitative estimate of drug-likeness (QED) is 0.140. The molecule has 1 aliphatic carbocycles. The third kappa shape index (κ3) is 5.84. The van der Waals surface area contributed by atoms with Gasteiger partial charge in [-0.25, -0.2) is 0 Å². The molecule has 54 heavy (non-hydrogen) atoms. The molecule has 8 aromatic rings. The molecule has 0 fully saturated rings. The number of para-hydroxylation sites is 1. The summed E-state index contributed by atoms with van der Waals surface area (Å²) in [5.74, 6) is 0.745. The lowest BCUT2D eigenvalue weighted by atomic mass is 9.82. The van der Waals surface area contributed by atoms with Gasteiger partial charge in [0, 0.05) is 27.7 Å². The van der Waals surface area contributed by atoms with Crippen molar-refractivity contribution >= 4 is 40.2 Å². The van der Waals surface area contributed by atoms with E-state index in [0.717, 1.165) is 56.0 Å². The van der Waals surface area contributed by atoms with Crippen LogP contribution in [-0.2, 0) is 12.0 Å². The van der Waals surface area contributed by atoms with Crippen LogP contribution in [0.4, 0.5) is 22.7 Å². The standard InChI is InChI=1S/C51H40N2O/c1-51(2)46-20-12-10-19-43(46)45-33-41(29-30-47(45)51)53(49-21-13-11-18-42(49)37-16-8-5-9-17-37)40-27-24-36(25-28-40)39-23-22-38-26-31-48(52-3)50(44(38)32-39)54-34-35-14-6-4-7-15-35/h4-33H,3,34H2,1-2H3. The van der Waals surface area contributed by atoms with Crippen molar-refractivity contribution in [2.45, 2.75) is 25.9 Å². The molecule has 0 spiro atoms. The topological polar surface area (TPSA) is 24.8 Å². The zero-order valence-electron chi connectivity index (χ0n) is 30.5. The second-order valence-electron chi connectivity index (χ2n) is 14.4. The highest BCUT2D eigenvalue weighted by molar-refractivity contribution is 5.96. The van der Waals surface area contributed by atoms with Gasteiger partial charge in [0.05, 0.1) is 5.69 Å². The van der Waals surface area contributed by atoms with Gasteiger partial charge in [-0.15, -0.1) is 0 Å². The average Bonchev–Trinajstić information content (AvgIpc) is 3.46. The SMILES string of the molecule is C=Nc1ccc2ccc(-c3ccc(N(c4ccc5c(c4)-c4ccccc4C5(C)C)c4ccccc4-c4ccccc4)cc3)cc2c1OCc1ccccc1. The molecule has 3 heteroatoms. The number of nitrogens with zero attached hydrogens (tertiary/aromatic N) is 2. The molecule has 0 bridgehead atoms. The minimum atomic E-state index is -0.0618. The monoisotopic (exact) mass is 696 g/mol. The van der Waals surface area contributed by atoms with Crippen molar-refractivity contribution in [3.63, 3.8) is 0 Å². The van der Waals surface area contributed by atoms with E-state index in [2.05, 4.69) is 188 Å². The maximum atomic E-state index is 6.44. The molecule has 3 nitrogen and oxygen atoms in total. The lowest BCUT2D eigenvalue weighted by Gasteiger charge is -2.29. The highest BCUT2D eigenvalue weighted by Gasteiger charge is 2.35. The molecule has 9 rings (SSSR count). The van der Waals surface area contributed by atoms with E-state index in [-0.39, 0.29) is 5.41 Å². The fraction of sp³-hybridized carbons (Fsp3) is 0.0784. The van der Waals surface area contributed by atoms with E-state index in [0.29, 0.717) is 6.61 Å². The number of anilines is 3. The van der Waals surface area contributed by atoms with E-state index in [9.17, 15) is 0 Å². The van der Waals surface area contributed by atoms with E-state index in [1.807, 2.05) is 24.3 Å². The van der Waals surface area contributed by atoms with Gasteiger partial charge in [-0.3, -0.25) is 4.99 Å².